The van der Waals surface area contributed by atoms with Crippen LogP contribution in [0.1, 0.15) is 12.5 Å². The lowest BCUT2D eigenvalue weighted by atomic mass is 10.2. The second kappa shape index (κ2) is 9.44. The van der Waals surface area contributed by atoms with Crippen LogP contribution in [0.4, 0.5) is 4.79 Å². The fraction of sp³-hybridized carbons (Fsp3) is 0.174. The summed E-state index contributed by atoms with van der Waals surface area (Å²) in [5.41, 5.74) is 0.949. The third-order valence-corrected chi connectivity index (χ3v) is 7.62. The van der Waals surface area contributed by atoms with E-state index in [-0.39, 0.29) is 12.6 Å². The third-order valence-electron chi connectivity index (χ3n) is 4.55. The normalized spacial score (nSPS) is 12.2. The fourth-order valence-electron chi connectivity index (χ4n) is 3.09. The molecule has 0 unspecified atom stereocenters. The monoisotopic (exact) mass is 409 g/mol. The number of hydrogen-bond acceptors (Lipinski definition) is 3. The third kappa shape index (κ3) is 5.49. The SMILES string of the molecule is C[C@H](COc1ccc(CP(=O)(c2ccccc2)c2ccccc2)cc1)NC(=O)O. The van der Waals surface area contributed by atoms with Gasteiger partial charge in [0.25, 0.3) is 0 Å². The number of amides is 1. The van der Waals surface area contributed by atoms with Crippen molar-refractivity contribution in [3.63, 3.8) is 0 Å². The zero-order valence-corrected chi connectivity index (χ0v) is 17.1. The van der Waals surface area contributed by atoms with Gasteiger partial charge < -0.3 is 19.7 Å². The van der Waals surface area contributed by atoms with Crippen LogP contribution in [0.2, 0.25) is 0 Å². The molecule has 0 aliphatic heterocycles. The van der Waals surface area contributed by atoms with Gasteiger partial charge in [-0.1, -0.05) is 72.8 Å². The topological polar surface area (TPSA) is 75.6 Å². The van der Waals surface area contributed by atoms with Crippen molar-refractivity contribution in [2.75, 3.05) is 6.61 Å². The first kappa shape index (κ1) is 20.7. The molecule has 0 aliphatic rings. The van der Waals surface area contributed by atoms with E-state index in [2.05, 4.69) is 5.32 Å². The summed E-state index contributed by atoms with van der Waals surface area (Å²) >= 11 is 0. The average Bonchev–Trinajstić information content (AvgIpc) is 2.74. The summed E-state index contributed by atoms with van der Waals surface area (Å²) < 4.78 is 19.7. The molecule has 0 heterocycles. The summed E-state index contributed by atoms with van der Waals surface area (Å²) in [5, 5.41) is 12.7. The molecule has 2 N–H and O–H groups in total. The highest BCUT2D eigenvalue weighted by Gasteiger charge is 2.27. The van der Waals surface area contributed by atoms with Crippen LogP contribution in [0.25, 0.3) is 0 Å². The van der Waals surface area contributed by atoms with Crippen molar-refractivity contribution < 1.29 is 19.2 Å². The van der Waals surface area contributed by atoms with Crippen LogP contribution in [0.3, 0.4) is 0 Å². The van der Waals surface area contributed by atoms with Crippen LogP contribution in [-0.4, -0.2) is 23.8 Å². The second-order valence-corrected chi connectivity index (χ2v) is 9.70. The van der Waals surface area contributed by atoms with Gasteiger partial charge in [-0.15, -0.1) is 0 Å². The van der Waals surface area contributed by atoms with Crippen molar-refractivity contribution in [3.8, 4) is 5.75 Å². The molecule has 0 saturated carbocycles. The van der Waals surface area contributed by atoms with Gasteiger partial charge in [0.2, 0.25) is 0 Å². The summed E-state index contributed by atoms with van der Waals surface area (Å²) in [6, 6.07) is 26.3. The van der Waals surface area contributed by atoms with Gasteiger partial charge in [-0.2, -0.15) is 0 Å². The maximum absolute atomic E-state index is 14.1. The number of ether oxygens (including phenoxy) is 1. The molecule has 0 aliphatic carbocycles. The standard InChI is InChI=1S/C23H24NO4P/c1-18(24-23(25)26)16-28-20-14-12-19(13-15-20)17-29(27,21-8-4-2-5-9-21)22-10-6-3-7-11-22/h2-15,18,24H,16-17H2,1H3,(H,25,26)/t18-/m1/s1. The van der Waals surface area contributed by atoms with Crippen molar-refractivity contribution in [1.82, 2.24) is 5.32 Å². The maximum Gasteiger partial charge on any atom is 0.404 e. The quantitative estimate of drug-likeness (QED) is 0.546. The van der Waals surface area contributed by atoms with E-state index >= 15 is 0 Å². The number of nitrogens with one attached hydrogen (secondary N) is 1. The van der Waals surface area contributed by atoms with Crippen LogP contribution in [-0.2, 0) is 10.7 Å². The maximum atomic E-state index is 14.1. The van der Waals surface area contributed by atoms with Crippen LogP contribution >= 0.6 is 7.14 Å². The molecule has 3 aromatic rings. The molecule has 6 heteroatoms. The minimum Gasteiger partial charge on any atom is -0.491 e. The number of rotatable bonds is 8. The Morgan fingerprint density at radius 1 is 0.931 bits per heavy atom. The molecule has 1 amide bonds. The molecule has 29 heavy (non-hydrogen) atoms. The van der Waals surface area contributed by atoms with Gasteiger partial charge in [-0.25, -0.2) is 4.79 Å². The summed E-state index contributed by atoms with van der Waals surface area (Å²) in [7, 11) is -2.82. The van der Waals surface area contributed by atoms with Crippen LogP contribution in [0.15, 0.2) is 84.9 Å². The van der Waals surface area contributed by atoms with Gasteiger partial charge in [-0.3, -0.25) is 0 Å². The molecule has 150 valence electrons. The van der Waals surface area contributed by atoms with E-state index in [9.17, 15) is 9.36 Å². The molecule has 0 aromatic heterocycles. The lowest BCUT2D eigenvalue weighted by Gasteiger charge is -2.20. The fourth-order valence-corrected chi connectivity index (χ4v) is 5.79. The van der Waals surface area contributed by atoms with Gasteiger partial charge >= 0.3 is 6.09 Å². The van der Waals surface area contributed by atoms with Crippen molar-refractivity contribution in [2.45, 2.75) is 19.1 Å². The summed E-state index contributed by atoms with van der Waals surface area (Å²) in [5.74, 6) is 0.641. The summed E-state index contributed by atoms with van der Waals surface area (Å²) in [4.78, 5) is 10.6. The molecule has 0 radical (unpaired) electrons. The lowest BCUT2D eigenvalue weighted by molar-refractivity contribution is 0.183. The first-order chi connectivity index (χ1) is 14.0. The molecule has 0 spiro atoms. The Labute approximate surface area is 170 Å². The first-order valence-electron chi connectivity index (χ1n) is 9.39. The molecule has 0 bridgehead atoms. The highest BCUT2D eigenvalue weighted by Crippen LogP contribution is 2.46. The highest BCUT2D eigenvalue weighted by atomic mass is 31.2. The van der Waals surface area contributed by atoms with E-state index in [1.807, 2.05) is 84.9 Å². The first-order valence-corrected chi connectivity index (χ1v) is 11.3. The lowest BCUT2D eigenvalue weighted by Crippen LogP contribution is -2.35. The Bertz CT molecular complexity index is 931. The van der Waals surface area contributed by atoms with Crippen molar-refractivity contribution in [3.05, 3.63) is 90.5 Å². The smallest absolute Gasteiger partial charge is 0.404 e. The van der Waals surface area contributed by atoms with Gasteiger partial charge in [-0.05, 0) is 24.6 Å². The Morgan fingerprint density at radius 2 is 1.45 bits per heavy atom. The minimum absolute atomic E-state index is 0.234. The van der Waals surface area contributed by atoms with Gasteiger partial charge in [0.05, 0.1) is 6.04 Å². The summed E-state index contributed by atoms with van der Waals surface area (Å²) in [6.07, 6.45) is -0.660. The van der Waals surface area contributed by atoms with E-state index in [0.29, 0.717) is 11.9 Å². The summed E-state index contributed by atoms with van der Waals surface area (Å²) in [6.45, 7) is 1.97. The van der Waals surface area contributed by atoms with Gasteiger partial charge in [0.15, 0.2) is 0 Å². The van der Waals surface area contributed by atoms with Crippen LogP contribution < -0.4 is 20.7 Å². The largest absolute Gasteiger partial charge is 0.491 e. The zero-order chi connectivity index (χ0) is 20.7. The van der Waals surface area contributed by atoms with E-state index in [1.54, 1.807) is 6.92 Å². The molecule has 0 saturated heterocycles. The van der Waals surface area contributed by atoms with E-state index < -0.39 is 13.2 Å². The zero-order valence-electron chi connectivity index (χ0n) is 16.2. The Hall–Kier alpha value is -3.04. The Kier molecular flexibility index (Phi) is 6.73. The van der Waals surface area contributed by atoms with Gasteiger partial charge in [0, 0.05) is 16.8 Å². The number of carboxylic acid groups (broad SMARTS) is 1. The minimum atomic E-state index is -2.82. The molecular formula is C23H24NO4P. The number of hydrogen-bond donors (Lipinski definition) is 2. The highest BCUT2D eigenvalue weighted by molar-refractivity contribution is 7.78. The predicted octanol–water partition coefficient (Wildman–Crippen LogP) is 4.24. The van der Waals surface area contributed by atoms with Crippen LogP contribution in [0, 0.1) is 0 Å². The number of carbonyl (C=O) groups is 1. The van der Waals surface area contributed by atoms with Crippen molar-refractivity contribution in [2.24, 2.45) is 0 Å². The molecule has 1 atom stereocenters. The Morgan fingerprint density at radius 3 is 1.93 bits per heavy atom. The predicted molar refractivity (Wildman–Crippen MR) is 116 cm³/mol. The average molecular weight is 409 g/mol. The molecule has 0 fully saturated rings. The second-order valence-electron chi connectivity index (χ2n) is 6.87. The molecule has 5 nitrogen and oxygen atoms in total. The molecule has 3 rings (SSSR count). The van der Waals surface area contributed by atoms with E-state index in [1.165, 1.54) is 0 Å². The molecule has 3 aromatic carbocycles. The number of benzene rings is 3. The van der Waals surface area contributed by atoms with Crippen molar-refractivity contribution >= 4 is 23.8 Å². The van der Waals surface area contributed by atoms with E-state index in [0.717, 1.165) is 16.2 Å². The van der Waals surface area contributed by atoms with Crippen LogP contribution in [0.5, 0.6) is 5.75 Å². The Balaban J connectivity index is 1.77. The molecular weight excluding hydrogens is 385 g/mol. The van der Waals surface area contributed by atoms with Gasteiger partial charge in [0.1, 0.15) is 19.5 Å². The van der Waals surface area contributed by atoms with Crippen molar-refractivity contribution in [1.29, 1.82) is 0 Å². The van der Waals surface area contributed by atoms with E-state index in [4.69, 9.17) is 9.84 Å².